The molecule has 1 aliphatic heterocycles. The summed E-state index contributed by atoms with van der Waals surface area (Å²) in [6.07, 6.45) is 3.15. The molecule has 3 heterocycles. The van der Waals surface area contributed by atoms with Gasteiger partial charge in [0.05, 0.1) is 19.1 Å². The van der Waals surface area contributed by atoms with Crippen molar-refractivity contribution in [1.82, 2.24) is 19.9 Å². The maximum absolute atomic E-state index is 12.3. The molecule has 6 heteroatoms. The van der Waals surface area contributed by atoms with E-state index in [9.17, 15) is 4.79 Å². The van der Waals surface area contributed by atoms with Crippen LogP contribution in [0.5, 0.6) is 5.75 Å². The first-order valence-corrected chi connectivity index (χ1v) is 8.04. The Labute approximate surface area is 139 Å². The summed E-state index contributed by atoms with van der Waals surface area (Å²) in [5.41, 5.74) is 2.93. The summed E-state index contributed by atoms with van der Waals surface area (Å²) >= 11 is 0. The lowest BCUT2D eigenvalue weighted by atomic mass is 10.1. The number of nitrogens with one attached hydrogen (secondary N) is 1. The summed E-state index contributed by atoms with van der Waals surface area (Å²) in [5.74, 6) is 1.57. The molecule has 0 unspecified atom stereocenters. The molecule has 0 fully saturated rings. The lowest BCUT2D eigenvalue weighted by Crippen LogP contribution is -2.29. The van der Waals surface area contributed by atoms with Gasteiger partial charge in [-0.3, -0.25) is 9.20 Å². The summed E-state index contributed by atoms with van der Waals surface area (Å²) in [7, 11) is 0. The van der Waals surface area contributed by atoms with Crippen molar-refractivity contribution in [3.05, 3.63) is 59.5 Å². The van der Waals surface area contributed by atoms with Crippen LogP contribution in [0.3, 0.4) is 0 Å². The molecule has 0 aliphatic carbocycles. The van der Waals surface area contributed by atoms with E-state index >= 15 is 0 Å². The molecular formula is C18H18N4O2. The molecule has 24 heavy (non-hydrogen) atoms. The number of ether oxygens (including phenoxy) is 1. The van der Waals surface area contributed by atoms with Crippen molar-refractivity contribution in [3.8, 4) is 5.75 Å². The minimum Gasteiger partial charge on any atom is -0.493 e. The zero-order valence-electron chi connectivity index (χ0n) is 13.4. The van der Waals surface area contributed by atoms with Crippen molar-refractivity contribution in [2.45, 2.75) is 25.8 Å². The standard InChI is InChI=1S/C18H18N4O2/c1-12(18-21-20-16-4-2-3-8-22(16)18)19-17(23)11-13-5-6-14-7-9-24-15(14)10-13/h2-6,8,10,12H,7,9,11H2,1H3,(H,19,23)/t12-/m1/s1. The fraction of sp³-hybridized carbons (Fsp3) is 0.278. The first kappa shape index (κ1) is 14.7. The Morgan fingerprint density at radius 2 is 2.25 bits per heavy atom. The monoisotopic (exact) mass is 322 g/mol. The third kappa shape index (κ3) is 2.71. The minimum absolute atomic E-state index is 0.0480. The maximum Gasteiger partial charge on any atom is 0.225 e. The van der Waals surface area contributed by atoms with Gasteiger partial charge in [0, 0.05) is 12.6 Å². The van der Waals surface area contributed by atoms with E-state index in [1.165, 1.54) is 5.56 Å². The van der Waals surface area contributed by atoms with Gasteiger partial charge in [-0.15, -0.1) is 10.2 Å². The highest BCUT2D eigenvalue weighted by molar-refractivity contribution is 5.79. The number of hydrogen-bond donors (Lipinski definition) is 1. The van der Waals surface area contributed by atoms with Crippen molar-refractivity contribution >= 4 is 11.6 Å². The summed E-state index contributed by atoms with van der Waals surface area (Å²) in [6.45, 7) is 2.63. The molecule has 0 radical (unpaired) electrons. The van der Waals surface area contributed by atoms with Gasteiger partial charge < -0.3 is 10.1 Å². The molecule has 1 aromatic carbocycles. The Hall–Kier alpha value is -2.89. The van der Waals surface area contributed by atoms with Crippen LogP contribution in [0.4, 0.5) is 0 Å². The number of rotatable bonds is 4. The molecular weight excluding hydrogens is 304 g/mol. The normalized spacial score (nSPS) is 14.2. The van der Waals surface area contributed by atoms with E-state index in [-0.39, 0.29) is 11.9 Å². The van der Waals surface area contributed by atoms with Crippen LogP contribution >= 0.6 is 0 Å². The quantitative estimate of drug-likeness (QED) is 0.798. The Morgan fingerprint density at radius 1 is 1.33 bits per heavy atom. The molecule has 122 valence electrons. The Kier molecular flexibility index (Phi) is 3.65. The number of aromatic nitrogens is 3. The number of nitrogens with zero attached hydrogens (tertiary/aromatic N) is 3. The molecule has 2 aromatic heterocycles. The van der Waals surface area contributed by atoms with Crippen LogP contribution in [-0.2, 0) is 17.6 Å². The first-order chi connectivity index (χ1) is 11.7. The Balaban J connectivity index is 1.46. The van der Waals surface area contributed by atoms with E-state index in [4.69, 9.17) is 4.74 Å². The number of carbonyl (C=O) groups is 1. The Morgan fingerprint density at radius 3 is 3.17 bits per heavy atom. The van der Waals surface area contributed by atoms with Crippen LogP contribution in [0.2, 0.25) is 0 Å². The van der Waals surface area contributed by atoms with Crippen molar-refractivity contribution in [1.29, 1.82) is 0 Å². The molecule has 0 saturated heterocycles. The number of carbonyl (C=O) groups excluding carboxylic acids is 1. The van der Waals surface area contributed by atoms with Gasteiger partial charge in [-0.25, -0.2) is 0 Å². The van der Waals surface area contributed by atoms with Gasteiger partial charge in [0.2, 0.25) is 5.91 Å². The summed E-state index contributed by atoms with van der Waals surface area (Å²) in [4.78, 5) is 12.3. The lowest BCUT2D eigenvalue weighted by molar-refractivity contribution is -0.121. The van der Waals surface area contributed by atoms with E-state index in [0.29, 0.717) is 6.42 Å². The highest BCUT2D eigenvalue weighted by Crippen LogP contribution is 2.26. The lowest BCUT2D eigenvalue weighted by Gasteiger charge is -2.12. The van der Waals surface area contributed by atoms with Crippen molar-refractivity contribution in [2.75, 3.05) is 6.61 Å². The molecule has 1 amide bonds. The van der Waals surface area contributed by atoms with Crippen LogP contribution in [0.15, 0.2) is 42.6 Å². The third-order valence-corrected chi connectivity index (χ3v) is 4.23. The van der Waals surface area contributed by atoms with Crippen LogP contribution < -0.4 is 10.1 Å². The molecule has 3 aromatic rings. The summed E-state index contributed by atoms with van der Waals surface area (Å²) in [5, 5.41) is 11.3. The third-order valence-electron chi connectivity index (χ3n) is 4.23. The fourth-order valence-electron chi connectivity index (χ4n) is 3.02. The van der Waals surface area contributed by atoms with Gasteiger partial charge in [0.15, 0.2) is 11.5 Å². The number of amides is 1. The number of fused-ring (bicyclic) bond motifs is 2. The summed E-state index contributed by atoms with van der Waals surface area (Å²) < 4.78 is 7.44. The summed E-state index contributed by atoms with van der Waals surface area (Å²) in [6, 6.07) is 11.5. The van der Waals surface area contributed by atoms with E-state index < -0.39 is 0 Å². The minimum atomic E-state index is -0.222. The second-order valence-electron chi connectivity index (χ2n) is 5.99. The van der Waals surface area contributed by atoms with E-state index in [1.54, 1.807) is 0 Å². The Bertz CT molecular complexity index is 903. The fourth-order valence-corrected chi connectivity index (χ4v) is 3.02. The predicted octanol–water partition coefficient (Wildman–Crippen LogP) is 2.08. The highest BCUT2D eigenvalue weighted by Gasteiger charge is 2.17. The van der Waals surface area contributed by atoms with Crippen molar-refractivity contribution in [3.63, 3.8) is 0 Å². The molecule has 6 nitrogen and oxygen atoms in total. The molecule has 0 spiro atoms. The smallest absolute Gasteiger partial charge is 0.225 e. The first-order valence-electron chi connectivity index (χ1n) is 8.04. The maximum atomic E-state index is 12.3. The van der Waals surface area contributed by atoms with Gasteiger partial charge in [0.1, 0.15) is 5.75 Å². The number of benzene rings is 1. The number of hydrogen-bond acceptors (Lipinski definition) is 4. The van der Waals surface area contributed by atoms with E-state index in [2.05, 4.69) is 15.5 Å². The van der Waals surface area contributed by atoms with Crippen LogP contribution in [-0.4, -0.2) is 27.1 Å². The van der Waals surface area contributed by atoms with Crippen LogP contribution in [0.1, 0.15) is 29.9 Å². The molecule has 1 N–H and O–H groups in total. The molecule has 1 aliphatic rings. The van der Waals surface area contributed by atoms with Gasteiger partial charge in [-0.05, 0) is 36.2 Å². The zero-order valence-corrected chi connectivity index (χ0v) is 13.4. The largest absolute Gasteiger partial charge is 0.493 e. The van der Waals surface area contributed by atoms with Crippen molar-refractivity contribution < 1.29 is 9.53 Å². The van der Waals surface area contributed by atoms with Gasteiger partial charge in [-0.1, -0.05) is 18.2 Å². The molecule has 1 atom stereocenters. The molecule has 0 saturated carbocycles. The average molecular weight is 322 g/mol. The molecule has 4 rings (SSSR count). The van der Waals surface area contributed by atoms with Crippen LogP contribution in [0.25, 0.3) is 5.65 Å². The van der Waals surface area contributed by atoms with Crippen LogP contribution in [0, 0.1) is 0 Å². The van der Waals surface area contributed by atoms with Gasteiger partial charge >= 0.3 is 0 Å². The van der Waals surface area contributed by atoms with Gasteiger partial charge in [0.25, 0.3) is 0 Å². The highest BCUT2D eigenvalue weighted by atomic mass is 16.5. The second-order valence-corrected chi connectivity index (χ2v) is 5.99. The number of pyridine rings is 1. The second kappa shape index (κ2) is 5.96. The van der Waals surface area contributed by atoms with Gasteiger partial charge in [-0.2, -0.15) is 0 Å². The predicted molar refractivity (Wildman–Crippen MR) is 88.9 cm³/mol. The zero-order chi connectivity index (χ0) is 16.5. The average Bonchev–Trinajstić information content (AvgIpc) is 3.20. The SMILES string of the molecule is C[C@@H](NC(=O)Cc1ccc2c(c1)OCC2)c1nnc2ccccn12. The van der Waals surface area contributed by atoms with E-state index in [1.807, 2.05) is 53.9 Å². The topological polar surface area (TPSA) is 68.5 Å². The van der Waals surface area contributed by atoms with Crippen molar-refractivity contribution in [2.24, 2.45) is 0 Å². The van der Waals surface area contributed by atoms with E-state index in [0.717, 1.165) is 35.8 Å². The molecule has 0 bridgehead atoms.